The van der Waals surface area contributed by atoms with Gasteiger partial charge < -0.3 is 10.1 Å². The molecule has 0 unspecified atom stereocenters. The van der Waals surface area contributed by atoms with E-state index < -0.39 is 10.0 Å². The molecule has 1 saturated heterocycles. The number of hydrogen-bond acceptors (Lipinski definition) is 4. The number of sulfonamides is 1. The minimum atomic E-state index is -3.32. The van der Waals surface area contributed by atoms with Crippen molar-refractivity contribution in [3.8, 4) is 0 Å². The first-order valence-electron chi connectivity index (χ1n) is 8.01. The summed E-state index contributed by atoms with van der Waals surface area (Å²) in [7, 11) is -3.32. The van der Waals surface area contributed by atoms with Gasteiger partial charge in [0.1, 0.15) is 0 Å². The molecule has 1 aromatic carbocycles. The van der Waals surface area contributed by atoms with Crippen molar-refractivity contribution >= 4 is 27.4 Å². The van der Waals surface area contributed by atoms with Crippen molar-refractivity contribution < 1.29 is 17.9 Å². The summed E-state index contributed by atoms with van der Waals surface area (Å²) < 4.78 is 30.4. The van der Waals surface area contributed by atoms with Crippen molar-refractivity contribution in [1.29, 1.82) is 0 Å². The fourth-order valence-electron chi connectivity index (χ4n) is 2.66. The molecule has 0 aliphatic carbocycles. The molecule has 1 aromatic rings. The minimum Gasteiger partial charge on any atom is -0.381 e. The fourth-order valence-corrected chi connectivity index (χ4v) is 3.22. The van der Waals surface area contributed by atoms with Gasteiger partial charge >= 0.3 is 6.03 Å². The van der Waals surface area contributed by atoms with Crippen LogP contribution in [-0.4, -0.2) is 46.0 Å². The molecule has 1 heterocycles. The van der Waals surface area contributed by atoms with Gasteiger partial charge in [-0.3, -0.25) is 9.62 Å². The molecule has 0 spiro atoms. The molecule has 0 bridgehead atoms. The van der Waals surface area contributed by atoms with Crippen molar-refractivity contribution in [2.24, 2.45) is 0 Å². The quantitative estimate of drug-likeness (QED) is 0.847. The molecule has 2 N–H and O–H groups in total. The van der Waals surface area contributed by atoms with Crippen molar-refractivity contribution in [2.45, 2.75) is 38.8 Å². The highest BCUT2D eigenvalue weighted by Crippen LogP contribution is 2.25. The number of rotatable bonds is 5. The molecule has 0 saturated carbocycles. The highest BCUT2D eigenvalue weighted by Gasteiger charge is 2.27. The van der Waals surface area contributed by atoms with E-state index >= 15 is 0 Å². The van der Waals surface area contributed by atoms with Crippen LogP contribution in [0.1, 0.15) is 26.7 Å². The van der Waals surface area contributed by atoms with Crippen LogP contribution < -0.4 is 14.9 Å². The van der Waals surface area contributed by atoms with Crippen LogP contribution in [0.25, 0.3) is 0 Å². The maximum absolute atomic E-state index is 12.6. The Bertz CT molecular complexity index is 652. The molecule has 1 fully saturated rings. The lowest BCUT2D eigenvalue weighted by atomic mass is 10.1. The van der Waals surface area contributed by atoms with Crippen molar-refractivity contribution in [3.63, 3.8) is 0 Å². The van der Waals surface area contributed by atoms with E-state index in [9.17, 15) is 13.2 Å². The van der Waals surface area contributed by atoms with E-state index in [0.29, 0.717) is 18.9 Å². The zero-order valence-electron chi connectivity index (χ0n) is 14.3. The fraction of sp³-hybridized carbons (Fsp3) is 0.562. The standard InChI is InChI=1S/C16H25N3O4S/c1-12(2)17-16(20)19(15-8-10-23-11-9-15)14-6-4-13(5-7-14)18-24(3,21)22/h4-7,12,15,18H,8-11H2,1-3H3,(H,17,20). The van der Waals surface area contributed by atoms with Crippen LogP contribution in [0.15, 0.2) is 24.3 Å². The summed E-state index contributed by atoms with van der Waals surface area (Å²) in [6.07, 6.45) is 2.65. The first-order chi connectivity index (χ1) is 11.3. The average molecular weight is 355 g/mol. The number of nitrogens with one attached hydrogen (secondary N) is 2. The Morgan fingerprint density at radius 2 is 1.79 bits per heavy atom. The first kappa shape index (κ1) is 18.5. The second-order valence-electron chi connectivity index (χ2n) is 6.24. The summed E-state index contributed by atoms with van der Waals surface area (Å²) in [5, 5.41) is 2.93. The third-order valence-corrected chi connectivity index (χ3v) is 4.24. The van der Waals surface area contributed by atoms with Crippen LogP contribution in [-0.2, 0) is 14.8 Å². The molecule has 7 nitrogen and oxygen atoms in total. The van der Waals surface area contributed by atoms with E-state index in [1.54, 1.807) is 29.2 Å². The molecule has 8 heteroatoms. The van der Waals surface area contributed by atoms with Crippen molar-refractivity contribution in [2.75, 3.05) is 29.1 Å². The molecular formula is C16H25N3O4S. The van der Waals surface area contributed by atoms with Gasteiger partial charge in [0.05, 0.1) is 6.26 Å². The number of ether oxygens (including phenoxy) is 1. The zero-order chi connectivity index (χ0) is 17.7. The van der Waals surface area contributed by atoms with Gasteiger partial charge in [-0.2, -0.15) is 0 Å². The highest BCUT2D eigenvalue weighted by atomic mass is 32.2. The number of benzene rings is 1. The predicted molar refractivity (Wildman–Crippen MR) is 94.9 cm³/mol. The Kier molecular flexibility index (Phi) is 6.06. The number of nitrogens with zero attached hydrogens (tertiary/aromatic N) is 1. The lowest BCUT2D eigenvalue weighted by Gasteiger charge is -2.35. The highest BCUT2D eigenvalue weighted by molar-refractivity contribution is 7.92. The van der Waals surface area contributed by atoms with Crippen molar-refractivity contribution in [3.05, 3.63) is 24.3 Å². The summed E-state index contributed by atoms with van der Waals surface area (Å²) in [6.45, 7) is 5.09. The molecule has 0 radical (unpaired) electrons. The first-order valence-corrected chi connectivity index (χ1v) is 9.91. The maximum Gasteiger partial charge on any atom is 0.322 e. The van der Waals surface area contributed by atoms with Gasteiger partial charge in [0, 0.05) is 36.7 Å². The molecule has 0 atom stereocenters. The number of urea groups is 1. The molecule has 24 heavy (non-hydrogen) atoms. The van der Waals surface area contributed by atoms with Gasteiger partial charge in [-0.25, -0.2) is 13.2 Å². The smallest absolute Gasteiger partial charge is 0.322 e. The Balaban J connectivity index is 2.23. The molecule has 2 rings (SSSR count). The Labute approximate surface area is 143 Å². The van der Waals surface area contributed by atoms with Gasteiger partial charge in [0.2, 0.25) is 10.0 Å². The van der Waals surface area contributed by atoms with E-state index in [4.69, 9.17) is 4.74 Å². The SMILES string of the molecule is CC(C)NC(=O)N(c1ccc(NS(C)(=O)=O)cc1)C1CCOCC1. The van der Waals surface area contributed by atoms with Crippen LogP contribution in [0.3, 0.4) is 0 Å². The number of amides is 2. The van der Waals surface area contributed by atoms with E-state index in [1.165, 1.54) is 0 Å². The third kappa shape index (κ3) is 5.38. The van der Waals surface area contributed by atoms with E-state index in [1.807, 2.05) is 13.8 Å². The van der Waals surface area contributed by atoms with Gasteiger partial charge in [-0.1, -0.05) is 0 Å². The van der Waals surface area contributed by atoms with Gasteiger partial charge in [0.15, 0.2) is 0 Å². The van der Waals surface area contributed by atoms with E-state index in [-0.39, 0.29) is 18.1 Å². The number of carbonyl (C=O) groups excluding carboxylic acids is 1. The Hall–Kier alpha value is -1.80. The number of carbonyl (C=O) groups is 1. The number of anilines is 2. The third-order valence-electron chi connectivity index (χ3n) is 3.64. The Morgan fingerprint density at radius 1 is 1.21 bits per heavy atom. The topological polar surface area (TPSA) is 87.7 Å². The molecular weight excluding hydrogens is 330 g/mol. The lowest BCUT2D eigenvalue weighted by molar-refractivity contribution is 0.0855. The van der Waals surface area contributed by atoms with Crippen LogP contribution >= 0.6 is 0 Å². The van der Waals surface area contributed by atoms with E-state index in [0.717, 1.165) is 24.8 Å². The van der Waals surface area contributed by atoms with E-state index in [2.05, 4.69) is 10.0 Å². The summed E-state index contributed by atoms with van der Waals surface area (Å²) in [4.78, 5) is 14.4. The summed E-state index contributed by atoms with van der Waals surface area (Å²) in [5.41, 5.74) is 1.21. The normalized spacial score (nSPS) is 16.0. The molecule has 134 valence electrons. The molecule has 0 aromatic heterocycles. The minimum absolute atomic E-state index is 0.0333. The van der Waals surface area contributed by atoms with Gasteiger partial charge in [-0.15, -0.1) is 0 Å². The summed E-state index contributed by atoms with van der Waals surface area (Å²) in [5.74, 6) is 0. The van der Waals surface area contributed by atoms with Gasteiger partial charge in [-0.05, 0) is 51.0 Å². The average Bonchev–Trinajstić information content (AvgIpc) is 2.48. The Morgan fingerprint density at radius 3 is 2.29 bits per heavy atom. The largest absolute Gasteiger partial charge is 0.381 e. The second kappa shape index (κ2) is 7.85. The van der Waals surface area contributed by atoms with Crippen LogP contribution in [0.5, 0.6) is 0 Å². The predicted octanol–water partition coefficient (Wildman–Crippen LogP) is 2.16. The maximum atomic E-state index is 12.6. The van der Waals surface area contributed by atoms with Crippen LogP contribution in [0.4, 0.5) is 16.2 Å². The molecule has 1 aliphatic rings. The molecule has 1 aliphatic heterocycles. The number of hydrogen-bond donors (Lipinski definition) is 2. The molecule has 2 amide bonds. The zero-order valence-corrected chi connectivity index (χ0v) is 15.1. The van der Waals surface area contributed by atoms with Crippen LogP contribution in [0.2, 0.25) is 0 Å². The second-order valence-corrected chi connectivity index (χ2v) is 7.99. The van der Waals surface area contributed by atoms with Crippen LogP contribution in [0, 0.1) is 0 Å². The lowest BCUT2D eigenvalue weighted by Crippen LogP contribution is -2.50. The van der Waals surface area contributed by atoms with Crippen molar-refractivity contribution in [1.82, 2.24) is 5.32 Å². The summed E-state index contributed by atoms with van der Waals surface area (Å²) in [6, 6.07) is 6.76. The monoisotopic (exact) mass is 355 g/mol. The van der Waals surface area contributed by atoms with Gasteiger partial charge in [0.25, 0.3) is 0 Å². The summed E-state index contributed by atoms with van der Waals surface area (Å²) >= 11 is 0.